The Hall–Kier alpha value is -2.31. The third-order valence-electron chi connectivity index (χ3n) is 2.58. The molecule has 0 fully saturated rings. The number of hydrogen-bond acceptors (Lipinski definition) is 3. The zero-order valence-electron chi connectivity index (χ0n) is 10.9. The van der Waals surface area contributed by atoms with Crippen LogP contribution in [-0.4, -0.2) is 18.6 Å². The molecule has 0 aliphatic rings. The number of methoxy groups -OCH3 is 1. The molecule has 0 unspecified atom stereocenters. The zero-order valence-corrected chi connectivity index (χ0v) is 10.9. The van der Waals surface area contributed by atoms with Crippen LogP contribution in [0.15, 0.2) is 48.7 Å². The van der Waals surface area contributed by atoms with Gasteiger partial charge in [-0.15, -0.1) is 0 Å². The van der Waals surface area contributed by atoms with Crippen LogP contribution in [0.4, 0.5) is 0 Å². The molecule has 0 saturated carbocycles. The molecule has 1 N–H and O–H groups in total. The molecule has 96 valence electrons. The van der Waals surface area contributed by atoms with Gasteiger partial charge in [0, 0.05) is 23.9 Å². The summed E-state index contributed by atoms with van der Waals surface area (Å²) in [6, 6.07) is 13.8. The molecule has 0 amide bonds. The van der Waals surface area contributed by atoms with Gasteiger partial charge in [0.2, 0.25) is 5.88 Å². The smallest absolute Gasteiger partial charge is 0.217 e. The first-order chi connectivity index (χ1) is 9.40. The van der Waals surface area contributed by atoms with E-state index >= 15 is 0 Å². The maximum atomic E-state index is 5.18. The number of benzene rings is 1. The highest BCUT2D eigenvalue weighted by molar-refractivity contribution is 5.33. The molecule has 0 aliphatic heterocycles. The van der Waals surface area contributed by atoms with Crippen LogP contribution in [0, 0.1) is 11.8 Å². The summed E-state index contributed by atoms with van der Waals surface area (Å²) in [6.07, 6.45) is 1.72. The summed E-state index contributed by atoms with van der Waals surface area (Å²) >= 11 is 0. The standard InChI is InChI=1S/C16H16N2O/c1-19-16-15(10-6-12-18-16)13-17-11-5-9-14-7-3-2-4-8-14/h2-4,6-8,10,12,17H,11,13H2,1H3. The molecule has 19 heavy (non-hydrogen) atoms. The summed E-state index contributed by atoms with van der Waals surface area (Å²) in [5.41, 5.74) is 2.06. The highest BCUT2D eigenvalue weighted by Gasteiger charge is 2.00. The number of pyridine rings is 1. The van der Waals surface area contributed by atoms with Gasteiger partial charge in [-0.25, -0.2) is 4.98 Å². The topological polar surface area (TPSA) is 34.1 Å². The van der Waals surface area contributed by atoms with Gasteiger partial charge in [0.1, 0.15) is 0 Å². The van der Waals surface area contributed by atoms with Gasteiger partial charge in [0.15, 0.2) is 0 Å². The van der Waals surface area contributed by atoms with Gasteiger partial charge < -0.3 is 10.1 Å². The SMILES string of the molecule is COc1ncccc1CNCC#Cc1ccccc1. The van der Waals surface area contributed by atoms with E-state index in [0.717, 1.165) is 11.1 Å². The second-order valence-corrected chi connectivity index (χ2v) is 3.94. The van der Waals surface area contributed by atoms with Crippen LogP contribution in [0.3, 0.4) is 0 Å². The van der Waals surface area contributed by atoms with E-state index in [1.165, 1.54) is 0 Å². The molecule has 3 heteroatoms. The zero-order chi connectivity index (χ0) is 13.3. The summed E-state index contributed by atoms with van der Waals surface area (Å²) < 4.78 is 5.18. The number of ether oxygens (including phenoxy) is 1. The molecule has 0 atom stereocenters. The van der Waals surface area contributed by atoms with Crippen LogP contribution in [0.2, 0.25) is 0 Å². The summed E-state index contributed by atoms with van der Waals surface area (Å²) in [5, 5.41) is 3.25. The van der Waals surface area contributed by atoms with E-state index in [1.807, 2.05) is 42.5 Å². The maximum Gasteiger partial charge on any atom is 0.217 e. The van der Waals surface area contributed by atoms with Crippen LogP contribution in [0.25, 0.3) is 0 Å². The number of nitrogens with one attached hydrogen (secondary N) is 1. The van der Waals surface area contributed by atoms with E-state index in [0.29, 0.717) is 19.0 Å². The Morgan fingerprint density at radius 2 is 2.00 bits per heavy atom. The fourth-order valence-electron chi connectivity index (χ4n) is 1.67. The van der Waals surface area contributed by atoms with E-state index in [1.54, 1.807) is 13.3 Å². The minimum Gasteiger partial charge on any atom is -0.481 e. The number of rotatable bonds is 4. The Balaban J connectivity index is 1.83. The summed E-state index contributed by atoms with van der Waals surface area (Å²) in [5.74, 6) is 6.85. The van der Waals surface area contributed by atoms with E-state index in [-0.39, 0.29) is 0 Å². The Bertz CT molecular complexity index is 570. The fraction of sp³-hybridized carbons (Fsp3) is 0.188. The first-order valence-corrected chi connectivity index (χ1v) is 6.12. The number of hydrogen-bond donors (Lipinski definition) is 1. The Labute approximate surface area is 113 Å². The Kier molecular flexibility index (Phi) is 4.97. The monoisotopic (exact) mass is 252 g/mol. The van der Waals surface area contributed by atoms with Crippen LogP contribution in [0.1, 0.15) is 11.1 Å². The number of aromatic nitrogens is 1. The fourth-order valence-corrected chi connectivity index (χ4v) is 1.67. The van der Waals surface area contributed by atoms with Crippen molar-refractivity contribution in [3.8, 4) is 17.7 Å². The van der Waals surface area contributed by atoms with Crippen molar-refractivity contribution in [1.29, 1.82) is 0 Å². The third-order valence-corrected chi connectivity index (χ3v) is 2.58. The molecule has 0 aliphatic carbocycles. The Morgan fingerprint density at radius 3 is 2.79 bits per heavy atom. The van der Waals surface area contributed by atoms with Gasteiger partial charge in [-0.1, -0.05) is 36.1 Å². The van der Waals surface area contributed by atoms with Crippen LogP contribution >= 0.6 is 0 Å². The molecular formula is C16H16N2O. The molecule has 0 saturated heterocycles. The molecule has 0 radical (unpaired) electrons. The van der Waals surface area contributed by atoms with E-state index < -0.39 is 0 Å². The second-order valence-electron chi connectivity index (χ2n) is 3.94. The van der Waals surface area contributed by atoms with Gasteiger partial charge in [-0.2, -0.15) is 0 Å². The summed E-state index contributed by atoms with van der Waals surface area (Å²) in [6.45, 7) is 1.33. The van der Waals surface area contributed by atoms with Gasteiger partial charge in [-0.05, 0) is 18.2 Å². The minimum atomic E-state index is 0.632. The van der Waals surface area contributed by atoms with Crippen molar-refractivity contribution in [2.24, 2.45) is 0 Å². The molecule has 0 bridgehead atoms. The first kappa shape index (κ1) is 13.1. The predicted octanol–water partition coefficient (Wildman–Crippen LogP) is 2.23. The lowest BCUT2D eigenvalue weighted by Crippen LogP contribution is -2.14. The average Bonchev–Trinajstić information content (AvgIpc) is 2.48. The van der Waals surface area contributed by atoms with Crippen LogP contribution < -0.4 is 10.1 Å². The average molecular weight is 252 g/mol. The van der Waals surface area contributed by atoms with Gasteiger partial charge in [0.25, 0.3) is 0 Å². The molecule has 2 aromatic rings. The maximum absolute atomic E-state index is 5.18. The van der Waals surface area contributed by atoms with Gasteiger partial charge in [0.05, 0.1) is 13.7 Å². The lowest BCUT2D eigenvalue weighted by molar-refractivity contribution is 0.391. The minimum absolute atomic E-state index is 0.632. The van der Waals surface area contributed by atoms with Crippen molar-refractivity contribution >= 4 is 0 Å². The summed E-state index contributed by atoms with van der Waals surface area (Å²) in [4.78, 5) is 4.15. The quantitative estimate of drug-likeness (QED) is 0.669. The number of nitrogens with zero attached hydrogens (tertiary/aromatic N) is 1. The Morgan fingerprint density at radius 1 is 1.16 bits per heavy atom. The predicted molar refractivity (Wildman–Crippen MR) is 75.8 cm³/mol. The lowest BCUT2D eigenvalue weighted by Gasteiger charge is -2.06. The highest BCUT2D eigenvalue weighted by Crippen LogP contribution is 2.12. The second kappa shape index (κ2) is 7.20. The highest BCUT2D eigenvalue weighted by atomic mass is 16.5. The van der Waals surface area contributed by atoms with Gasteiger partial charge in [-0.3, -0.25) is 0 Å². The third kappa shape index (κ3) is 4.13. The van der Waals surface area contributed by atoms with Crippen molar-refractivity contribution < 1.29 is 4.74 Å². The first-order valence-electron chi connectivity index (χ1n) is 6.12. The molecule has 1 heterocycles. The van der Waals surface area contributed by atoms with Crippen molar-refractivity contribution in [1.82, 2.24) is 10.3 Å². The van der Waals surface area contributed by atoms with Gasteiger partial charge >= 0.3 is 0 Å². The van der Waals surface area contributed by atoms with Crippen molar-refractivity contribution in [2.45, 2.75) is 6.54 Å². The van der Waals surface area contributed by atoms with Crippen molar-refractivity contribution in [3.05, 3.63) is 59.8 Å². The summed E-state index contributed by atoms with van der Waals surface area (Å²) in [7, 11) is 1.63. The van der Waals surface area contributed by atoms with Crippen molar-refractivity contribution in [3.63, 3.8) is 0 Å². The molecule has 2 rings (SSSR count). The lowest BCUT2D eigenvalue weighted by atomic mass is 10.2. The van der Waals surface area contributed by atoms with Crippen LogP contribution in [0.5, 0.6) is 5.88 Å². The van der Waals surface area contributed by atoms with Crippen molar-refractivity contribution in [2.75, 3.05) is 13.7 Å². The normalized spacial score (nSPS) is 9.53. The molecular weight excluding hydrogens is 236 g/mol. The molecule has 1 aromatic carbocycles. The van der Waals surface area contributed by atoms with Crippen LogP contribution in [-0.2, 0) is 6.54 Å². The van der Waals surface area contributed by atoms with E-state index in [9.17, 15) is 0 Å². The van der Waals surface area contributed by atoms with E-state index in [2.05, 4.69) is 22.1 Å². The molecule has 3 nitrogen and oxygen atoms in total. The molecule has 0 spiro atoms. The largest absolute Gasteiger partial charge is 0.481 e. The molecule has 1 aromatic heterocycles. The van der Waals surface area contributed by atoms with E-state index in [4.69, 9.17) is 4.74 Å².